The zero-order valence-electron chi connectivity index (χ0n) is 12.8. The summed E-state index contributed by atoms with van der Waals surface area (Å²) in [5.41, 5.74) is 1.20. The summed E-state index contributed by atoms with van der Waals surface area (Å²) in [6.07, 6.45) is 3.50. The average molecular weight is 314 g/mol. The highest BCUT2D eigenvalue weighted by Crippen LogP contribution is 2.29. The molecule has 1 saturated heterocycles. The number of benzene rings is 1. The van der Waals surface area contributed by atoms with Crippen molar-refractivity contribution < 1.29 is 13.9 Å². The number of hydrogen-bond acceptors (Lipinski definition) is 4. The lowest BCUT2D eigenvalue weighted by molar-refractivity contribution is 0.0994. The number of aliphatic hydroxyl groups excluding tert-OH is 1. The van der Waals surface area contributed by atoms with E-state index in [-0.39, 0.29) is 11.9 Å². The molecule has 23 heavy (non-hydrogen) atoms. The molecule has 120 valence electrons. The first-order valence-corrected chi connectivity index (χ1v) is 7.81. The van der Waals surface area contributed by atoms with Crippen LogP contribution in [0.5, 0.6) is 0 Å². The van der Waals surface area contributed by atoms with Crippen molar-refractivity contribution in [3.05, 3.63) is 59.3 Å². The molecule has 2 atom stereocenters. The van der Waals surface area contributed by atoms with Crippen LogP contribution in [0.2, 0.25) is 0 Å². The van der Waals surface area contributed by atoms with Crippen LogP contribution in [-0.2, 0) is 6.54 Å². The smallest absolute Gasteiger partial charge is 0.132 e. The van der Waals surface area contributed by atoms with Gasteiger partial charge in [0.05, 0.1) is 17.9 Å². The van der Waals surface area contributed by atoms with Gasteiger partial charge in [0, 0.05) is 12.6 Å². The fourth-order valence-corrected chi connectivity index (χ4v) is 3.25. The Bertz CT molecular complexity index is 694. The lowest BCUT2D eigenvalue weighted by atomic mass is 10.0. The molecule has 0 bridgehead atoms. The van der Waals surface area contributed by atoms with Gasteiger partial charge in [-0.25, -0.2) is 4.39 Å². The second-order valence-electron chi connectivity index (χ2n) is 5.95. The van der Waals surface area contributed by atoms with Crippen LogP contribution in [0.1, 0.15) is 42.3 Å². The lowest BCUT2D eigenvalue weighted by Gasteiger charge is -2.26. The van der Waals surface area contributed by atoms with Crippen molar-refractivity contribution in [3.8, 4) is 6.07 Å². The number of aliphatic hydroxyl groups is 1. The molecular weight excluding hydrogens is 295 g/mol. The van der Waals surface area contributed by atoms with E-state index in [4.69, 9.17) is 4.42 Å². The average Bonchev–Trinajstić information content (AvgIpc) is 3.20. The molecule has 1 fully saturated rings. The number of rotatable bonds is 5. The first-order valence-electron chi connectivity index (χ1n) is 7.81. The van der Waals surface area contributed by atoms with Crippen LogP contribution in [0.15, 0.2) is 41.0 Å². The van der Waals surface area contributed by atoms with E-state index in [0.29, 0.717) is 29.9 Å². The Morgan fingerprint density at radius 3 is 3.04 bits per heavy atom. The van der Waals surface area contributed by atoms with Crippen molar-refractivity contribution in [1.29, 1.82) is 5.26 Å². The predicted molar refractivity (Wildman–Crippen MR) is 82.8 cm³/mol. The SMILES string of the molecule is N#Cc1ccc(F)cc1CN1CCCC1CC(O)c1ccco1. The van der Waals surface area contributed by atoms with E-state index in [1.807, 2.05) is 0 Å². The van der Waals surface area contributed by atoms with Gasteiger partial charge >= 0.3 is 0 Å². The molecule has 5 heteroatoms. The summed E-state index contributed by atoms with van der Waals surface area (Å²) in [5, 5.41) is 19.4. The minimum Gasteiger partial charge on any atom is -0.467 e. The summed E-state index contributed by atoms with van der Waals surface area (Å²) in [5.74, 6) is 0.241. The number of nitriles is 1. The van der Waals surface area contributed by atoms with E-state index in [1.165, 1.54) is 18.2 Å². The van der Waals surface area contributed by atoms with Crippen molar-refractivity contribution in [2.75, 3.05) is 6.54 Å². The number of halogens is 1. The molecule has 3 rings (SSSR count). The van der Waals surface area contributed by atoms with Gasteiger partial charge < -0.3 is 9.52 Å². The van der Waals surface area contributed by atoms with E-state index in [0.717, 1.165) is 19.4 Å². The number of nitrogens with zero attached hydrogens (tertiary/aromatic N) is 2. The minimum absolute atomic E-state index is 0.199. The van der Waals surface area contributed by atoms with Gasteiger partial charge in [-0.15, -0.1) is 0 Å². The summed E-state index contributed by atoms with van der Waals surface area (Å²) in [7, 11) is 0. The predicted octanol–water partition coefficient (Wildman–Crippen LogP) is 3.38. The van der Waals surface area contributed by atoms with E-state index < -0.39 is 6.10 Å². The molecule has 2 heterocycles. The Kier molecular flexibility index (Phi) is 4.75. The van der Waals surface area contributed by atoms with Gasteiger partial charge in [0.25, 0.3) is 0 Å². The topological polar surface area (TPSA) is 60.4 Å². The van der Waals surface area contributed by atoms with Crippen LogP contribution in [-0.4, -0.2) is 22.6 Å². The molecular formula is C18H19FN2O2. The van der Waals surface area contributed by atoms with Crippen LogP contribution in [0.3, 0.4) is 0 Å². The van der Waals surface area contributed by atoms with Crippen LogP contribution >= 0.6 is 0 Å². The van der Waals surface area contributed by atoms with Gasteiger partial charge in [-0.3, -0.25) is 4.90 Å². The summed E-state index contributed by atoms with van der Waals surface area (Å²) in [6.45, 7) is 1.41. The zero-order chi connectivity index (χ0) is 16.2. The van der Waals surface area contributed by atoms with Gasteiger partial charge in [0.1, 0.15) is 17.7 Å². The molecule has 0 spiro atoms. The van der Waals surface area contributed by atoms with Gasteiger partial charge in [-0.2, -0.15) is 5.26 Å². The minimum atomic E-state index is -0.640. The highest BCUT2D eigenvalue weighted by atomic mass is 19.1. The molecule has 0 radical (unpaired) electrons. The highest BCUT2D eigenvalue weighted by Gasteiger charge is 2.28. The third-order valence-electron chi connectivity index (χ3n) is 4.43. The summed E-state index contributed by atoms with van der Waals surface area (Å²) < 4.78 is 18.7. The number of hydrogen-bond donors (Lipinski definition) is 1. The highest BCUT2D eigenvalue weighted by molar-refractivity contribution is 5.37. The lowest BCUT2D eigenvalue weighted by Crippen LogP contribution is -2.30. The van der Waals surface area contributed by atoms with Crippen molar-refractivity contribution in [3.63, 3.8) is 0 Å². The second-order valence-corrected chi connectivity index (χ2v) is 5.95. The largest absolute Gasteiger partial charge is 0.467 e. The fraction of sp³-hybridized carbons (Fsp3) is 0.389. The third kappa shape index (κ3) is 3.61. The van der Waals surface area contributed by atoms with Crippen molar-refractivity contribution in [2.24, 2.45) is 0 Å². The maximum atomic E-state index is 13.5. The Hall–Kier alpha value is -2.16. The standard InChI is InChI=1S/C18H19FN2O2/c19-15-6-5-13(11-20)14(9-15)12-21-7-1-3-16(21)10-17(22)18-4-2-8-23-18/h2,4-6,8-9,16-17,22H,1,3,7,10,12H2. The van der Waals surface area contributed by atoms with E-state index in [9.17, 15) is 14.8 Å². The van der Waals surface area contributed by atoms with Crippen LogP contribution in [0.4, 0.5) is 4.39 Å². The van der Waals surface area contributed by atoms with Crippen LogP contribution in [0, 0.1) is 17.1 Å². The molecule has 1 aliphatic heterocycles. The van der Waals surface area contributed by atoms with Gasteiger partial charge in [0.2, 0.25) is 0 Å². The fourth-order valence-electron chi connectivity index (χ4n) is 3.25. The third-order valence-corrected chi connectivity index (χ3v) is 4.43. The quantitative estimate of drug-likeness (QED) is 0.919. The molecule has 1 aromatic carbocycles. The van der Waals surface area contributed by atoms with E-state index in [1.54, 1.807) is 18.4 Å². The Labute approximate surface area is 134 Å². The number of furan rings is 1. The van der Waals surface area contributed by atoms with E-state index >= 15 is 0 Å². The molecule has 1 aromatic heterocycles. The molecule has 0 aliphatic carbocycles. The first kappa shape index (κ1) is 15.7. The Morgan fingerprint density at radius 2 is 2.30 bits per heavy atom. The summed E-state index contributed by atoms with van der Waals surface area (Å²) >= 11 is 0. The van der Waals surface area contributed by atoms with Crippen LogP contribution < -0.4 is 0 Å². The molecule has 1 aliphatic rings. The Morgan fingerprint density at radius 1 is 1.43 bits per heavy atom. The second kappa shape index (κ2) is 6.95. The molecule has 2 unspecified atom stereocenters. The van der Waals surface area contributed by atoms with Crippen molar-refractivity contribution in [2.45, 2.75) is 38.0 Å². The Balaban J connectivity index is 1.70. The van der Waals surface area contributed by atoms with Crippen molar-refractivity contribution in [1.82, 2.24) is 4.90 Å². The van der Waals surface area contributed by atoms with Crippen LogP contribution in [0.25, 0.3) is 0 Å². The van der Waals surface area contributed by atoms with Gasteiger partial charge in [-0.1, -0.05) is 0 Å². The van der Waals surface area contributed by atoms with E-state index in [2.05, 4.69) is 11.0 Å². The molecule has 2 aromatic rings. The van der Waals surface area contributed by atoms with Crippen molar-refractivity contribution >= 4 is 0 Å². The van der Waals surface area contributed by atoms with Gasteiger partial charge in [0.15, 0.2) is 0 Å². The molecule has 4 nitrogen and oxygen atoms in total. The summed E-state index contributed by atoms with van der Waals surface area (Å²) in [4.78, 5) is 2.21. The maximum Gasteiger partial charge on any atom is 0.132 e. The normalized spacial score (nSPS) is 19.6. The zero-order valence-corrected chi connectivity index (χ0v) is 12.8. The molecule has 0 saturated carbocycles. The maximum absolute atomic E-state index is 13.5. The molecule has 0 amide bonds. The molecule has 1 N–H and O–H groups in total. The summed E-state index contributed by atoms with van der Waals surface area (Å²) in [6, 6.07) is 10.1. The monoisotopic (exact) mass is 314 g/mol. The number of likely N-dealkylation sites (tertiary alicyclic amines) is 1. The van der Waals surface area contributed by atoms with Gasteiger partial charge in [-0.05, 0) is 61.7 Å². The first-order chi connectivity index (χ1) is 11.2.